The molecule has 0 atom stereocenters. The summed E-state index contributed by atoms with van der Waals surface area (Å²) in [5, 5.41) is 25.1. The first kappa shape index (κ1) is 20.0. The lowest BCUT2D eigenvalue weighted by molar-refractivity contribution is -0.385. The second kappa shape index (κ2) is 9.39. The molecule has 1 amide bonds. The van der Waals surface area contributed by atoms with Crippen LogP contribution in [0.25, 0.3) is 0 Å². The minimum absolute atomic E-state index is 0.0139. The SMILES string of the molecule is CCOc1cc([N+](=O)[O-])cc(C=NNC(=O)COc2ccccc2Cl)c1O. The van der Waals surface area contributed by atoms with Crippen molar-refractivity contribution in [1.82, 2.24) is 5.43 Å². The van der Waals surface area contributed by atoms with Crippen LogP contribution in [-0.4, -0.2) is 35.4 Å². The van der Waals surface area contributed by atoms with Crippen molar-refractivity contribution in [1.29, 1.82) is 0 Å². The van der Waals surface area contributed by atoms with Gasteiger partial charge in [-0.2, -0.15) is 5.10 Å². The van der Waals surface area contributed by atoms with E-state index in [0.717, 1.165) is 18.3 Å². The largest absolute Gasteiger partial charge is 0.504 e. The number of aromatic hydroxyl groups is 1. The number of hydrogen-bond donors (Lipinski definition) is 2. The van der Waals surface area contributed by atoms with Crippen molar-refractivity contribution in [3.8, 4) is 17.2 Å². The van der Waals surface area contributed by atoms with Gasteiger partial charge in [0.05, 0.1) is 28.8 Å². The van der Waals surface area contributed by atoms with Crippen molar-refractivity contribution in [3.63, 3.8) is 0 Å². The van der Waals surface area contributed by atoms with Crippen molar-refractivity contribution in [3.05, 3.63) is 57.1 Å². The molecule has 0 spiro atoms. The molecular weight excluding hydrogens is 378 g/mol. The summed E-state index contributed by atoms with van der Waals surface area (Å²) in [7, 11) is 0. The third-order valence-electron chi connectivity index (χ3n) is 3.19. The van der Waals surface area contributed by atoms with Gasteiger partial charge in [-0.05, 0) is 19.1 Å². The minimum Gasteiger partial charge on any atom is -0.504 e. The average molecular weight is 394 g/mol. The van der Waals surface area contributed by atoms with E-state index in [0.29, 0.717) is 10.8 Å². The number of halogens is 1. The summed E-state index contributed by atoms with van der Waals surface area (Å²) in [4.78, 5) is 22.1. The van der Waals surface area contributed by atoms with E-state index in [1.54, 1.807) is 31.2 Å². The lowest BCUT2D eigenvalue weighted by Crippen LogP contribution is -2.24. The molecule has 0 saturated carbocycles. The number of hydrazone groups is 1. The molecule has 2 rings (SSSR count). The van der Waals surface area contributed by atoms with Gasteiger partial charge in [0.15, 0.2) is 18.1 Å². The molecule has 0 fully saturated rings. The van der Waals surface area contributed by atoms with E-state index < -0.39 is 10.8 Å². The first-order valence-corrected chi connectivity index (χ1v) is 8.13. The number of phenols is 1. The Hall–Kier alpha value is -3.33. The van der Waals surface area contributed by atoms with Gasteiger partial charge in [-0.3, -0.25) is 14.9 Å². The van der Waals surface area contributed by atoms with Crippen LogP contribution in [-0.2, 0) is 4.79 Å². The van der Waals surface area contributed by atoms with Crippen molar-refractivity contribution in [2.45, 2.75) is 6.92 Å². The number of rotatable bonds is 8. The van der Waals surface area contributed by atoms with Gasteiger partial charge < -0.3 is 14.6 Å². The minimum atomic E-state index is -0.630. The van der Waals surface area contributed by atoms with Gasteiger partial charge in [-0.1, -0.05) is 23.7 Å². The predicted molar refractivity (Wildman–Crippen MR) is 98.6 cm³/mol. The Morgan fingerprint density at radius 2 is 2.07 bits per heavy atom. The number of hydrogen-bond acceptors (Lipinski definition) is 7. The lowest BCUT2D eigenvalue weighted by Gasteiger charge is -2.08. The van der Waals surface area contributed by atoms with Gasteiger partial charge in [-0.25, -0.2) is 5.43 Å². The molecule has 142 valence electrons. The van der Waals surface area contributed by atoms with Crippen LogP contribution in [0.3, 0.4) is 0 Å². The highest BCUT2D eigenvalue weighted by Crippen LogP contribution is 2.33. The van der Waals surface area contributed by atoms with Gasteiger partial charge >= 0.3 is 0 Å². The van der Waals surface area contributed by atoms with Gasteiger partial charge in [0, 0.05) is 11.6 Å². The van der Waals surface area contributed by atoms with Crippen LogP contribution in [0, 0.1) is 10.1 Å². The predicted octanol–water partition coefficient (Wildman–Crippen LogP) is 2.88. The number of carbonyl (C=O) groups excluding carboxylic acids is 1. The number of nitrogens with one attached hydrogen (secondary N) is 1. The van der Waals surface area contributed by atoms with Crippen LogP contribution in [0.15, 0.2) is 41.5 Å². The summed E-state index contributed by atoms with van der Waals surface area (Å²) in [6.45, 7) is 1.54. The number of phenolic OH excluding ortho intramolecular Hbond substituents is 1. The number of amides is 1. The second-order valence-electron chi connectivity index (χ2n) is 5.08. The zero-order valence-corrected chi connectivity index (χ0v) is 15.0. The number of benzene rings is 2. The molecule has 0 unspecified atom stereocenters. The van der Waals surface area contributed by atoms with Crippen LogP contribution in [0.4, 0.5) is 5.69 Å². The molecule has 27 heavy (non-hydrogen) atoms. The fraction of sp³-hybridized carbons (Fsp3) is 0.176. The van der Waals surface area contributed by atoms with E-state index in [2.05, 4.69) is 10.5 Å². The summed E-state index contributed by atoms with van der Waals surface area (Å²) < 4.78 is 10.4. The van der Waals surface area contributed by atoms with Crippen LogP contribution in [0.5, 0.6) is 17.2 Å². The molecule has 2 aromatic rings. The van der Waals surface area contributed by atoms with Gasteiger partial charge in [0.1, 0.15) is 5.75 Å². The summed E-state index contributed by atoms with van der Waals surface area (Å²) in [5.74, 6) is -0.619. The molecule has 0 radical (unpaired) electrons. The third kappa shape index (κ3) is 5.58. The maximum atomic E-state index is 11.8. The Labute approximate surface area is 159 Å². The quantitative estimate of drug-likeness (QED) is 0.404. The van der Waals surface area contributed by atoms with E-state index in [1.807, 2.05) is 0 Å². The zero-order valence-electron chi connectivity index (χ0n) is 14.2. The van der Waals surface area contributed by atoms with Crippen LogP contribution in [0.2, 0.25) is 5.02 Å². The summed E-state index contributed by atoms with van der Waals surface area (Å²) in [5.41, 5.74) is 1.92. The number of carbonyl (C=O) groups is 1. The molecule has 9 nitrogen and oxygen atoms in total. The Kier molecular flexibility index (Phi) is 6.95. The van der Waals surface area contributed by atoms with Gasteiger partial charge in [-0.15, -0.1) is 0 Å². The molecule has 10 heteroatoms. The lowest BCUT2D eigenvalue weighted by atomic mass is 10.1. The van der Waals surface area contributed by atoms with Gasteiger partial charge in [0.2, 0.25) is 0 Å². The monoisotopic (exact) mass is 393 g/mol. The molecule has 0 bridgehead atoms. The van der Waals surface area contributed by atoms with Crippen LogP contribution >= 0.6 is 11.6 Å². The molecule has 0 heterocycles. The number of non-ortho nitro benzene ring substituents is 1. The summed E-state index contributed by atoms with van der Waals surface area (Å²) >= 11 is 5.91. The highest BCUT2D eigenvalue weighted by Gasteiger charge is 2.16. The fourth-order valence-electron chi connectivity index (χ4n) is 1.99. The normalized spacial score (nSPS) is 10.6. The first-order chi connectivity index (χ1) is 12.9. The molecule has 2 N–H and O–H groups in total. The topological polar surface area (TPSA) is 123 Å². The van der Waals surface area contributed by atoms with E-state index in [9.17, 15) is 20.0 Å². The van der Waals surface area contributed by atoms with E-state index in [-0.39, 0.29) is 36.0 Å². The Bertz CT molecular complexity index is 872. The Balaban J connectivity index is 2.03. The molecule has 0 aromatic heterocycles. The van der Waals surface area contributed by atoms with E-state index in [4.69, 9.17) is 21.1 Å². The zero-order chi connectivity index (χ0) is 19.8. The molecule has 0 aliphatic heterocycles. The van der Waals surface area contributed by atoms with Crippen LogP contribution < -0.4 is 14.9 Å². The van der Waals surface area contributed by atoms with Crippen molar-refractivity contribution >= 4 is 29.4 Å². The van der Waals surface area contributed by atoms with E-state index in [1.165, 1.54) is 0 Å². The number of nitrogens with zero attached hydrogens (tertiary/aromatic N) is 2. The Morgan fingerprint density at radius 3 is 2.74 bits per heavy atom. The maximum Gasteiger partial charge on any atom is 0.277 e. The third-order valence-corrected chi connectivity index (χ3v) is 3.50. The standard InChI is InChI=1S/C17H16ClN3O6/c1-2-26-15-8-12(21(24)25)7-11(17(15)23)9-19-20-16(22)10-27-14-6-4-3-5-13(14)18/h3-9,23H,2,10H2,1H3,(H,20,22). The first-order valence-electron chi connectivity index (χ1n) is 7.75. The van der Waals surface area contributed by atoms with Crippen molar-refractivity contribution < 1.29 is 24.3 Å². The number of para-hydroxylation sites is 1. The highest BCUT2D eigenvalue weighted by atomic mass is 35.5. The maximum absolute atomic E-state index is 11.8. The second-order valence-corrected chi connectivity index (χ2v) is 5.49. The highest BCUT2D eigenvalue weighted by molar-refractivity contribution is 6.32. The summed E-state index contributed by atoms with van der Waals surface area (Å²) in [6.07, 6.45) is 1.07. The van der Waals surface area contributed by atoms with Crippen LogP contribution in [0.1, 0.15) is 12.5 Å². The molecule has 2 aromatic carbocycles. The fourth-order valence-corrected chi connectivity index (χ4v) is 2.19. The van der Waals surface area contributed by atoms with E-state index >= 15 is 0 Å². The molecule has 0 aliphatic rings. The number of nitro groups is 1. The Morgan fingerprint density at radius 1 is 1.33 bits per heavy atom. The molecular formula is C17H16ClN3O6. The van der Waals surface area contributed by atoms with Crippen molar-refractivity contribution in [2.75, 3.05) is 13.2 Å². The molecule has 0 saturated heterocycles. The molecule has 0 aliphatic carbocycles. The number of ether oxygens (including phenoxy) is 2. The average Bonchev–Trinajstić information content (AvgIpc) is 2.64. The van der Waals surface area contributed by atoms with Crippen molar-refractivity contribution in [2.24, 2.45) is 5.10 Å². The smallest absolute Gasteiger partial charge is 0.277 e. The number of nitro benzene ring substituents is 1. The van der Waals surface area contributed by atoms with Gasteiger partial charge in [0.25, 0.3) is 11.6 Å². The summed E-state index contributed by atoms with van der Waals surface area (Å²) in [6, 6.07) is 8.86.